The van der Waals surface area contributed by atoms with Gasteiger partial charge < -0.3 is 38.9 Å². The summed E-state index contributed by atoms with van der Waals surface area (Å²) in [6, 6.07) is 5.68. The van der Waals surface area contributed by atoms with Crippen LogP contribution in [0.15, 0.2) is 29.3 Å². The highest BCUT2D eigenvalue weighted by molar-refractivity contribution is 5.96. The number of rotatable bonds is 12. The summed E-state index contributed by atoms with van der Waals surface area (Å²) in [5, 5.41) is 7.57. The van der Waals surface area contributed by atoms with Crippen molar-refractivity contribution in [3.05, 3.63) is 29.8 Å². The number of amides is 4. The topological polar surface area (TPSA) is 221 Å². The molecule has 0 saturated carbocycles. The summed E-state index contributed by atoms with van der Waals surface area (Å²) in [5.41, 5.74) is 22.1. The first-order valence-corrected chi connectivity index (χ1v) is 9.21. The zero-order chi connectivity index (χ0) is 22.5. The SMILES string of the molecule is NCC(=O)N[C@@H](CCCN=C(N)N)C(=O)NCC(=O)Nc1ccc(CC(N)=O)cc1. The van der Waals surface area contributed by atoms with Crippen molar-refractivity contribution in [1.29, 1.82) is 0 Å². The Morgan fingerprint density at radius 2 is 1.67 bits per heavy atom. The predicted octanol–water partition coefficient (Wildman–Crippen LogP) is -2.73. The Kier molecular flexibility index (Phi) is 10.3. The number of carbonyl (C=O) groups excluding carboxylic acids is 4. The second-order valence-electron chi connectivity index (χ2n) is 6.38. The average Bonchev–Trinajstić information content (AvgIpc) is 2.69. The van der Waals surface area contributed by atoms with Gasteiger partial charge in [0, 0.05) is 12.2 Å². The Balaban J connectivity index is 2.54. The molecule has 0 heterocycles. The quantitative estimate of drug-likeness (QED) is 0.107. The van der Waals surface area contributed by atoms with Gasteiger partial charge in [0.2, 0.25) is 23.6 Å². The molecule has 0 bridgehead atoms. The molecule has 164 valence electrons. The number of benzene rings is 1. The molecule has 0 aliphatic rings. The molecule has 1 atom stereocenters. The lowest BCUT2D eigenvalue weighted by atomic mass is 10.1. The molecule has 0 saturated heterocycles. The van der Waals surface area contributed by atoms with E-state index >= 15 is 0 Å². The molecule has 1 aromatic rings. The fourth-order valence-electron chi connectivity index (χ4n) is 2.43. The molecular formula is C18H28N8O4. The second kappa shape index (κ2) is 12.7. The standard InChI is InChI=1S/C18H28N8O4/c19-9-15(28)26-13(2-1-7-23-18(21)22)17(30)24-10-16(29)25-12-5-3-11(4-6-12)8-14(20)27/h3-6,13H,1-2,7-10,19H2,(H2,20,27)(H,24,30)(H,25,29)(H,26,28)(H4,21,22,23)/t13-/m0/s1. The lowest BCUT2D eigenvalue weighted by molar-refractivity contribution is -0.129. The van der Waals surface area contributed by atoms with Crippen LogP contribution in [-0.4, -0.2) is 55.3 Å². The molecule has 11 N–H and O–H groups in total. The van der Waals surface area contributed by atoms with Crippen molar-refractivity contribution in [3.63, 3.8) is 0 Å². The van der Waals surface area contributed by atoms with Crippen LogP contribution in [0.4, 0.5) is 5.69 Å². The molecule has 0 aromatic heterocycles. The van der Waals surface area contributed by atoms with E-state index in [1.165, 1.54) is 0 Å². The first-order chi connectivity index (χ1) is 14.2. The number of primary amides is 1. The van der Waals surface area contributed by atoms with Crippen molar-refractivity contribution in [2.75, 3.05) is 25.0 Å². The lowest BCUT2D eigenvalue weighted by Gasteiger charge is -2.17. The van der Waals surface area contributed by atoms with Crippen LogP contribution in [0.3, 0.4) is 0 Å². The normalized spacial score (nSPS) is 11.1. The van der Waals surface area contributed by atoms with Gasteiger partial charge in [0.1, 0.15) is 6.04 Å². The average molecular weight is 420 g/mol. The Hall–Kier alpha value is -3.67. The minimum atomic E-state index is -0.879. The third-order valence-electron chi connectivity index (χ3n) is 3.82. The van der Waals surface area contributed by atoms with Crippen LogP contribution < -0.4 is 38.9 Å². The van der Waals surface area contributed by atoms with Crippen molar-refractivity contribution < 1.29 is 19.2 Å². The minimum Gasteiger partial charge on any atom is -0.370 e. The number of anilines is 1. The number of guanidine groups is 1. The van der Waals surface area contributed by atoms with E-state index in [1.807, 2.05) is 0 Å². The first kappa shape index (κ1) is 24.4. The molecule has 0 aliphatic heterocycles. The molecule has 30 heavy (non-hydrogen) atoms. The van der Waals surface area contributed by atoms with Gasteiger partial charge in [-0.15, -0.1) is 0 Å². The molecule has 0 fully saturated rings. The van der Waals surface area contributed by atoms with E-state index in [2.05, 4.69) is 20.9 Å². The number of nitrogens with one attached hydrogen (secondary N) is 3. The maximum atomic E-state index is 12.4. The summed E-state index contributed by atoms with van der Waals surface area (Å²) in [6.07, 6.45) is 0.797. The van der Waals surface area contributed by atoms with Gasteiger partial charge in [0.05, 0.1) is 19.5 Å². The van der Waals surface area contributed by atoms with Gasteiger partial charge in [-0.05, 0) is 30.5 Å². The zero-order valence-electron chi connectivity index (χ0n) is 16.5. The van der Waals surface area contributed by atoms with Crippen LogP contribution in [0.2, 0.25) is 0 Å². The summed E-state index contributed by atoms with van der Waals surface area (Å²) >= 11 is 0. The van der Waals surface area contributed by atoms with Crippen LogP contribution in [-0.2, 0) is 25.6 Å². The maximum absolute atomic E-state index is 12.4. The summed E-state index contributed by atoms with van der Waals surface area (Å²) < 4.78 is 0. The Morgan fingerprint density at radius 1 is 1.00 bits per heavy atom. The van der Waals surface area contributed by atoms with Crippen molar-refractivity contribution in [2.45, 2.75) is 25.3 Å². The van der Waals surface area contributed by atoms with Gasteiger partial charge in [0.25, 0.3) is 0 Å². The van der Waals surface area contributed by atoms with Crippen LogP contribution >= 0.6 is 0 Å². The van der Waals surface area contributed by atoms with E-state index in [4.69, 9.17) is 22.9 Å². The molecule has 0 aliphatic carbocycles. The smallest absolute Gasteiger partial charge is 0.243 e. The fourth-order valence-corrected chi connectivity index (χ4v) is 2.43. The molecule has 4 amide bonds. The highest BCUT2D eigenvalue weighted by Gasteiger charge is 2.20. The van der Waals surface area contributed by atoms with Crippen molar-refractivity contribution in [3.8, 4) is 0 Å². The number of carbonyl (C=O) groups is 4. The van der Waals surface area contributed by atoms with Crippen LogP contribution in [0.1, 0.15) is 18.4 Å². The van der Waals surface area contributed by atoms with Gasteiger partial charge in [-0.1, -0.05) is 12.1 Å². The Bertz CT molecular complexity index is 775. The molecule has 0 unspecified atom stereocenters. The molecule has 12 heteroatoms. The highest BCUT2D eigenvalue weighted by Crippen LogP contribution is 2.09. The fraction of sp³-hybridized carbons (Fsp3) is 0.389. The number of hydrogen-bond donors (Lipinski definition) is 7. The molecule has 1 rings (SSSR count). The molecule has 0 spiro atoms. The number of nitrogens with two attached hydrogens (primary N) is 4. The largest absolute Gasteiger partial charge is 0.370 e. The summed E-state index contributed by atoms with van der Waals surface area (Å²) in [6.45, 7) is -0.286. The van der Waals surface area contributed by atoms with Crippen LogP contribution in [0.5, 0.6) is 0 Å². The van der Waals surface area contributed by atoms with E-state index in [0.717, 1.165) is 0 Å². The summed E-state index contributed by atoms with van der Waals surface area (Å²) in [4.78, 5) is 50.7. The van der Waals surface area contributed by atoms with Gasteiger partial charge in [-0.2, -0.15) is 0 Å². The second-order valence-corrected chi connectivity index (χ2v) is 6.38. The molecule has 0 radical (unpaired) electrons. The molecular weight excluding hydrogens is 392 g/mol. The molecule has 1 aromatic carbocycles. The van der Waals surface area contributed by atoms with E-state index < -0.39 is 29.7 Å². The minimum absolute atomic E-state index is 0.0682. The summed E-state index contributed by atoms with van der Waals surface area (Å²) in [5.74, 6) is -2.02. The van der Waals surface area contributed by atoms with Crippen LogP contribution in [0.25, 0.3) is 0 Å². The number of hydrogen-bond acceptors (Lipinski definition) is 6. The van der Waals surface area contributed by atoms with Gasteiger partial charge >= 0.3 is 0 Å². The van der Waals surface area contributed by atoms with Crippen molar-refractivity contribution >= 4 is 35.3 Å². The first-order valence-electron chi connectivity index (χ1n) is 9.21. The third kappa shape index (κ3) is 10.0. The predicted molar refractivity (Wildman–Crippen MR) is 112 cm³/mol. The van der Waals surface area contributed by atoms with E-state index in [1.54, 1.807) is 24.3 Å². The van der Waals surface area contributed by atoms with Gasteiger partial charge in [-0.3, -0.25) is 24.2 Å². The van der Waals surface area contributed by atoms with E-state index in [0.29, 0.717) is 17.7 Å². The lowest BCUT2D eigenvalue weighted by Crippen LogP contribution is -2.49. The van der Waals surface area contributed by atoms with Gasteiger partial charge in [0.15, 0.2) is 5.96 Å². The maximum Gasteiger partial charge on any atom is 0.243 e. The van der Waals surface area contributed by atoms with Crippen molar-refractivity contribution in [1.82, 2.24) is 10.6 Å². The number of aliphatic imine (C=N–C) groups is 1. The Morgan fingerprint density at radius 3 is 2.23 bits per heavy atom. The zero-order valence-corrected chi connectivity index (χ0v) is 16.5. The van der Waals surface area contributed by atoms with E-state index in [9.17, 15) is 19.2 Å². The highest BCUT2D eigenvalue weighted by atomic mass is 16.2. The Labute approximate surface area is 173 Å². The van der Waals surface area contributed by atoms with E-state index in [-0.39, 0.29) is 38.4 Å². The van der Waals surface area contributed by atoms with Crippen molar-refractivity contribution in [2.24, 2.45) is 27.9 Å². The third-order valence-corrected chi connectivity index (χ3v) is 3.82. The van der Waals surface area contributed by atoms with Crippen LogP contribution in [0, 0.1) is 0 Å². The monoisotopic (exact) mass is 420 g/mol. The summed E-state index contributed by atoms with van der Waals surface area (Å²) in [7, 11) is 0. The van der Waals surface area contributed by atoms with Gasteiger partial charge in [-0.25, -0.2) is 0 Å². The number of nitrogens with zero attached hydrogens (tertiary/aromatic N) is 1. The molecule has 12 nitrogen and oxygen atoms in total.